The van der Waals surface area contributed by atoms with Crippen LogP contribution in [0.5, 0.6) is 0 Å². The molecule has 0 saturated heterocycles. The van der Waals surface area contributed by atoms with Crippen LogP contribution in [0.25, 0.3) is 11.0 Å². The number of rotatable bonds is 9. The average molecular weight is 433 g/mol. The van der Waals surface area contributed by atoms with E-state index in [9.17, 15) is 13.2 Å². The Hall–Kier alpha value is -2.72. The predicted molar refractivity (Wildman–Crippen MR) is 116 cm³/mol. The maximum absolute atomic E-state index is 12.8. The molecule has 1 N–H and O–H groups in total. The number of aryl methyl sites for hydroxylation is 3. The van der Waals surface area contributed by atoms with Gasteiger partial charge in [0.15, 0.2) is 5.82 Å². The van der Waals surface area contributed by atoms with Crippen LogP contribution >= 0.6 is 0 Å². The molecule has 0 bridgehead atoms. The molecule has 1 amide bonds. The molecule has 0 spiro atoms. The molecule has 162 valence electrons. The molecule has 0 unspecified atom stereocenters. The lowest BCUT2D eigenvalue weighted by atomic mass is 10.2. The second-order valence-corrected chi connectivity index (χ2v) is 8.87. The zero-order valence-electron chi connectivity index (χ0n) is 17.8. The Bertz CT molecular complexity index is 1140. The normalized spacial score (nSPS) is 12.0. The van der Waals surface area contributed by atoms with Crippen molar-refractivity contribution in [2.45, 2.75) is 45.1 Å². The molecule has 2 heterocycles. The number of sulfonamides is 1. The average Bonchev–Trinajstić information content (AvgIpc) is 3.28. The Morgan fingerprint density at radius 2 is 1.90 bits per heavy atom. The molecular weight excluding hydrogens is 404 g/mol. The number of anilines is 1. The monoisotopic (exact) mass is 432 g/mol. The minimum absolute atomic E-state index is 0.145. The second-order valence-electron chi connectivity index (χ2n) is 6.93. The molecule has 9 nitrogen and oxygen atoms in total. The largest absolute Gasteiger partial charge is 0.328 e. The Balaban J connectivity index is 1.82. The lowest BCUT2D eigenvalue weighted by Gasteiger charge is -2.18. The molecule has 3 aromatic rings. The smallest absolute Gasteiger partial charge is 0.243 e. The van der Waals surface area contributed by atoms with Crippen LogP contribution in [0, 0.1) is 0 Å². The van der Waals surface area contributed by atoms with E-state index in [-0.39, 0.29) is 17.2 Å². The van der Waals surface area contributed by atoms with Crippen LogP contribution in [0.3, 0.4) is 0 Å². The number of amides is 1. The number of carbonyl (C=O) groups is 1. The number of hydrogen-bond acceptors (Lipinski definition) is 5. The van der Waals surface area contributed by atoms with Crippen molar-refractivity contribution < 1.29 is 13.2 Å². The van der Waals surface area contributed by atoms with Crippen LogP contribution in [-0.2, 0) is 34.8 Å². The summed E-state index contributed by atoms with van der Waals surface area (Å²) in [6.07, 6.45) is 2.46. The Morgan fingerprint density at radius 1 is 1.17 bits per heavy atom. The first kappa shape index (κ1) is 22.0. The summed E-state index contributed by atoms with van der Waals surface area (Å²) in [5.74, 6) is 1.12. The molecule has 0 aliphatic rings. The van der Waals surface area contributed by atoms with Crippen molar-refractivity contribution in [1.29, 1.82) is 0 Å². The maximum Gasteiger partial charge on any atom is 0.243 e. The fourth-order valence-corrected chi connectivity index (χ4v) is 4.97. The van der Waals surface area contributed by atoms with Gasteiger partial charge < -0.3 is 9.88 Å². The Kier molecular flexibility index (Phi) is 6.57. The summed E-state index contributed by atoms with van der Waals surface area (Å²) in [5, 5.41) is 6.90. The summed E-state index contributed by atoms with van der Waals surface area (Å²) < 4.78 is 30.7. The fourth-order valence-electron chi connectivity index (χ4n) is 3.49. The van der Waals surface area contributed by atoms with Gasteiger partial charge in [0, 0.05) is 51.8 Å². The van der Waals surface area contributed by atoms with Crippen molar-refractivity contribution in [2.75, 3.05) is 18.4 Å². The first-order valence-electron chi connectivity index (χ1n) is 10.1. The van der Waals surface area contributed by atoms with Gasteiger partial charge in [0.2, 0.25) is 15.9 Å². The van der Waals surface area contributed by atoms with Crippen molar-refractivity contribution >= 4 is 32.8 Å². The van der Waals surface area contributed by atoms with Crippen molar-refractivity contribution in [3.05, 3.63) is 36.3 Å². The molecule has 0 saturated carbocycles. The maximum atomic E-state index is 12.8. The van der Waals surface area contributed by atoms with Gasteiger partial charge in [0.05, 0.1) is 15.9 Å². The highest BCUT2D eigenvalue weighted by Crippen LogP contribution is 2.23. The van der Waals surface area contributed by atoms with Crippen LogP contribution in [0.15, 0.2) is 35.4 Å². The van der Waals surface area contributed by atoms with E-state index in [1.807, 2.05) is 25.3 Å². The van der Waals surface area contributed by atoms with Crippen LogP contribution in [-0.4, -0.2) is 51.1 Å². The third kappa shape index (κ3) is 4.39. The van der Waals surface area contributed by atoms with Gasteiger partial charge in [-0.3, -0.25) is 9.48 Å². The van der Waals surface area contributed by atoms with E-state index in [2.05, 4.69) is 15.4 Å². The van der Waals surface area contributed by atoms with E-state index >= 15 is 0 Å². The van der Waals surface area contributed by atoms with Crippen LogP contribution in [0.1, 0.15) is 33.0 Å². The first-order chi connectivity index (χ1) is 14.3. The molecule has 0 atom stereocenters. The molecule has 0 aliphatic carbocycles. The topological polar surface area (TPSA) is 102 Å². The lowest BCUT2D eigenvalue weighted by molar-refractivity contribution is -0.116. The van der Waals surface area contributed by atoms with E-state index < -0.39 is 10.0 Å². The molecular formula is C20H28N6O3S. The lowest BCUT2D eigenvalue weighted by Crippen LogP contribution is -2.30. The van der Waals surface area contributed by atoms with E-state index in [0.29, 0.717) is 37.4 Å². The van der Waals surface area contributed by atoms with Crippen molar-refractivity contribution in [3.8, 4) is 0 Å². The van der Waals surface area contributed by atoms with Crippen molar-refractivity contribution in [3.63, 3.8) is 0 Å². The van der Waals surface area contributed by atoms with Gasteiger partial charge in [-0.25, -0.2) is 13.4 Å². The molecule has 30 heavy (non-hydrogen) atoms. The standard InChI is InChI=1S/C20H28N6O3S/c1-5-25(6-2)30(28,29)15-8-9-17-16(14-15)21-19(26(17)7-3)10-11-20(27)22-18-12-13-24(4)23-18/h8-9,12-14H,5-7,10-11H2,1-4H3,(H,22,23,27). The van der Waals surface area contributed by atoms with Gasteiger partial charge in [-0.2, -0.15) is 9.40 Å². The predicted octanol–water partition coefficient (Wildman–Crippen LogP) is 2.39. The molecule has 0 aliphatic heterocycles. The molecule has 2 aromatic heterocycles. The summed E-state index contributed by atoms with van der Waals surface area (Å²) in [6, 6.07) is 6.77. The van der Waals surface area contributed by atoms with Crippen LogP contribution < -0.4 is 5.32 Å². The van der Waals surface area contributed by atoms with Crippen LogP contribution in [0.4, 0.5) is 5.82 Å². The van der Waals surface area contributed by atoms with Crippen molar-refractivity contribution in [1.82, 2.24) is 23.6 Å². The Labute approximate surface area is 176 Å². The van der Waals surface area contributed by atoms with Crippen LogP contribution in [0.2, 0.25) is 0 Å². The number of fused-ring (bicyclic) bond motifs is 1. The van der Waals surface area contributed by atoms with Crippen molar-refractivity contribution in [2.24, 2.45) is 7.05 Å². The minimum atomic E-state index is -3.55. The molecule has 0 fully saturated rings. The molecule has 3 rings (SSSR count). The number of nitrogens with one attached hydrogen (secondary N) is 1. The number of hydrogen-bond donors (Lipinski definition) is 1. The van der Waals surface area contributed by atoms with Gasteiger partial charge in [-0.1, -0.05) is 13.8 Å². The summed E-state index contributed by atoms with van der Waals surface area (Å²) in [4.78, 5) is 17.1. The third-order valence-corrected chi connectivity index (χ3v) is 7.06. The molecule has 1 aromatic carbocycles. The third-order valence-electron chi connectivity index (χ3n) is 5.01. The molecule has 10 heteroatoms. The molecule has 0 radical (unpaired) electrons. The quantitative estimate of drug-likeness (QED) is 0.559. The van der Waals surface area contributed by atoms with Gasteiger partial charge in [0.1, 0.15) is 5.82 Å². The number of nitrogens with zero attached hydrogens (tertiary/aromatic N) is 5. The first-order valence-corrected chi connectivity index (χ1v) is 11.5. The Morgan fingerprint density at radius 3 is 2.50 bits per heavy atom. The van der Waals surface area contributed by atoms with Gasteiger partial charge >= 0.3 is 0 Å². The van der Waals surface area contributed by atoms with Gasteiger partial charge in [-0.15, -0.1) is 0 Å². The van der Waals surface area contributed by atoms with Gasteiger partial charge in [0.25, 0.3) is 0 Å². The summed E-state index contributed by atoms with van der Waals surface area (Å²) in [5.41, 5.74) is 1.47. The zero-order chi connectivity index (χ0) is 21.9. The van der Waals surface area contributed by atoms with E-state index in [1.165, 1.54) is 4.31 Å². The highest BCUT2D eigenvalue weighted by Gasteiger charge is 2.23. The minimum Gasteiger partial charge on any atom is -0.328 e. The fraction of sp³-hybridized carbons (Fsp3) is 0.450. The number of benzene rings is 1. The van der Waals surface area contributed by atoms with E-state index in [4.69, 9.17) is 0 Å². The highest BCUT2D eigenvalue weighted by atomic mass is 32.2. The number of imidazole rings is 1. The van der Waals surface area contributed by atoms with E-state index in [0.717, 1.165) is 11.3 Å². The van der Waals surface area contributed by atoms with E-state index in [1.54, 1.807) is 42.2 Å². The highest BCUT2D eigenvalue weighted by molar-refractivity contribution is 7.89. The summed E-state index contributed by atoms with van der Waals surface area (Å²) in [7, 11) is -1.76. The summed E-state index contributed by atoms with van der Waals surface area (Å²) >= 11 is 0. The summed E-state index contributed by atoms with van der Waals surface area (Å²) in [6.45, 7) is 7.14. The van der Waals surface area contributed by atoms with Gasteiger partial charge in [-0.05, 0) is 25.1 Å². The zero-order valence-corrected chi connectivity index (χ0v) is 18.6. The number of aromatic nitrogens is 4. The second kappa shape index (κ2) is 8.97. The number of carbonyl (C=O) groups excluding carboxylic acids is 1. The SMILES string of the molecule is CCN(CC)S(=O)(=O)c1ccc2c(c1)nc(CCC(=O)Nc1ccn(C)n1)n2CC.